The molecule has 0 aliphatic carbocycles. The van der Waals surface area contributed by atoms with Crippen molar-refractivity contribution in [2.75, 3.05) is 39.6 Å². The Bertz CT molecular complexity index is 1920. The van der Waals surface area contributed by atoms with E-state index in [9.17, 15) is 43.2 Å². The van der Waals surface area contributed by atoms with Crippen molar-refractivity contribution in [3.8, 4) is 0 Å². The first-order valence-corrected chi connectivity index (χ1v) is 41.9. The summed E-state index contributed by atoms with van der Waals surface area (Å²) in [7, 11) is -9.92. The second kappa shape index (κ2) is 68.7. The number of aliphatic hydroxyl groups is 1. The standard InChI is InChI=1S/C76H144O17P2/c1-6-9-12-15-18-21-24-27-30-33-35-38-44-49-54-59-73(78)86-65-71(92-76(81)62-57-52-47-40-37-34-31-28-25-22-19-16-13-10-7-2)67-90-94(82,83)88-63-70(77)64-89-95(84,85)91-68-72(66-87-74(79)60-55-50-45-42-41-43-48-53-58-69(4)5)93-75(80)61-56-51-46-39-36-32-29-26-23-20-17-14-11-8-3/h22,25,28,31,69-72,77H,6-21,23-24,26-27,29-30,32-68H2,1-5H3,(H,82,83)(H,84,85)/b25-22-,31-28-/t70-,71-,72-/m1/s1. The molecule has 0 heterocycles. The number of hydrogen-bond donors (Lipinski definition) is 3. The van der Waals surface area contributed by atoms with Gasteiger partial charge < -0.3 is 33.8 Å². The van der Waals surface area contributed by atoms with E-state index < -0.39 is 97.5 Å². The SMILES string of the molecule is CCCCCC/C=C\C=C/CCCCCCCC(=O)O[C@H](COC(=O)CCCCCCCCCCCCCCCCC)COP(=O)(O)OC[C@@H](O)COP(=O)(O)OC[C@@H](COC(=O)CCCCCCCCCCC(C)C)OC(=O)CCCCCCCCCCCCCCCC. The van der Waals surface area contributed by atoms with Crippen LogP contribution in [0.5, 0.6) is 0 Å². The molecule has 0 aromatic rings. The van der Waals surface area contributed by atoms with Crippen LogP contribution >= 0.6 is 15.6 Å². The normalized spacial score (nSPS) is 14.1. The number of esters is 4. The molecule has 0 bridgehead atoms. The van der Waals surface area contributed by atoms with Gasteiger partial charge in [0, 0.05) is 25.7 Å². The number of carbonyl (C=O) groups excluding carboxylic acids is 4. The lowest BCUT2D eigenvalue weighted by atomic mass is 10.0. The van der Waals surface area contributed by atoms with Crippen molar-refractivity contribution in [3.05, 3.63) is 24.3 Å². The highest BCUT2D eigenvalue weighted by Crippen LogP contribution is 2.45. The maximum absolute atomic E-state index is 13.1. The van der Waals surface area contributed by atoms with Crippen molar-refractivity contribution in [2.45, 2.75) is 393 Å². The average molecular weight is 1390 g/mol. The van der Waals surface area contributed by atoms with Crippen LogP contribution in [-0.4, -0.2) is 96.7 Å². The van der Waals surface area contributed by atoms with Gasteiger partial charge in [0.05, 0.1) is 26.4 Å². The fourth-order valence-corrected chi connectivity index (χ4v) is 12.7. The Morgan fingerprint density at radius 3 is 0.863 bits per heavy atom. The fraction of sp³-hybridized carbons (Fsp3) is 0.895. The van der Waals surface area contributed by atoms with Crippen molar-refractivity contribution < 1.29 is 80.2 Å². The minimum absolute atomic E-state index is 0.0857. The summed E-state index contributed by atoms with van der Waals surface area (Å²) in [5.41, 5.74) is 0. The molecule has 560 valence electrons. The maximum atomic E-state index is 13.1. The average Bonchev–Trinajstić information content (AvgIpc) is 3.63. The molecule has 0 aromatic heterocycles. The lowest BCUT2D eigenvalue weighted by Crippen LogP contribution is -2.30. The fourth-order valence-electron chi connectivity index (χ4n) is 11.2. The monoisotopic (exact) mass is 1390 g/mol. The molecule has 2 unspecified atom stereocenters. The number of aliphatic hydroxyl groups excluding tert-OH is 1. The van der Waals surface area contributed by atoms with Crippen molar-refractivity contribution >= 4 is 39.5 Å². The largest absolute Gasteiger partial charge is 0.472 e. The number of allylic oxidation sites excluding steroid dienone is 4. The summed E-state index contributed by atoms with van der Waals surface area (Å²) < 4.78 is 68.5. The Morgan fingerprint density at radius 1 is 0.326 bits per heavy atom. The number of hydrogen-bond acceptors (Lipinski definition) is 15. The van der Waals surface area contributed by atoms with Gasteiger partial charge in [-0.05, 0) is 57.3 Å². The first kappa shape index (κ1) is 92.5. The van der Waals surface area contributed by atoms with Crippen LogP contribution < -0.4 is 0 Å². The zero-order chi connectivity index (χ0) is 69.8. The molecular formula is C76H144O17P2. The van der Waals surface area contributed by atoms with E-state index in [4.69, 9.17) is 37.0 Å². The quantitative estimate of drug-likeness (QED) is 0.0169. The number of carbonyl (C=O) groups is 4. The van der Waals surface area contributed by atoms with Gasteiger partial charge >= 0.3 is 39.5 Å². The van der Waals surface area contributed by atoms with Gasteiger partial charge in [-0.3, -0.25) is 37.3 Å². The number of phosphoric ester groups is 2. The predicted octanol–water partition coefficient (Wildman–Crippen LogP) is 22.0. The molecular weight excluding hydrogens is 1250 g/mol. The van der Waals surface area contributed by atoms with Crippen molar-refractivity contribution in [1.29, 1.82) is 0 Å². The van der Waals surface area contributed by atoms with Crippen LogP contribution in [0.3, 0.4) is 0 Å². The number of unbranched alkanes of at least 4 members (excludes halogenated alkanes) is 43. The molecule has 17 nitrogen and oxygen atoms in total. The minimum Gasteiger partial charge on any atom is -0.462 e. The van der Waals surface area contributed by atoms with Gasteiger partial charge in [-0.1, -0.05) is 322 Å². The predicted molar refractivity (Wildman–Crippen MR) is 386 cm³/mol. The number of rotatable bonds is 74. The zero-order valence-electron chi connectivity index (χ0n) is 61.3. The van der Waals surface area contributed by atoms with E-state index in [1.165, 1.54) is 186 Å². The van der Waals surface area contributed by atoms with E-state index in [0.717, 1.165) is 109 Å². The molecule has 5 atom stereocenters. The van der Waals surface area contributed by atoms with Crippen LogP contribution in [0.1, 0.15) is 375 Å². The van der Waals surface area contributed by atoms with Gasteiger partial charge in [-0.2, -0.15) is 0 Å². The second-order valence-corrected chi connectivity index (χ2v) is 30.1. The Kier molecular flexibility index (Phi) is 66.9. The van der Waals surface area contributed by atoms with E-state index in [1.54, 1.807) is 0 Å². The van der Waals surface area contributed by atoms with Crippen LogP contribution in [0, 0.1) is 5.92 Å². The Morgan fingerprint density at radius 2 is 0.568 bits per heavy atom. The van der Waals surface area contributed by atoms with Gasteiger partial charge in [0.25, 0.3) is 0 Å². The first-order chi connectivity index (χ1) is 46.0. The van der Waals surface area contributed by atoms with Gasteiger partial charge in [-0.25, -0.2) is 9.13 Å². The molecule has 19 heteroatoms. The molecule has 95 heavy (non-hydrogen) atoms. The van der Waals surface area contributed by atoms with Crippen LogP contribution in [-0.2, 0) is 65.4 Å². The molecule has 0 rings (SSSR count). The Hall–Kier alpha value is -2.46. The topological polar surface area (TPSA) is 237 Å². The maximum Gasteiger partial charge on any atom is 0.472 e. The summed E-state index contributed by atoms with van der Waals surface area (Å²) in [4.78, 5) is 72.8. The highest BCUT2D eigenvalue weighted by molar-refractivity contribution is 7.47. The van der Waals surface area contributed by atoms with E-state index in [0.29, 0.717) is 25.7 Å². The summed E-state index contributed by atoms with van der Waals surface area (Å²) in [6.45, 7) is 7.20. The van der Waals surface area contributed by atoms with Crippen LogP contribution in [0.25, 0.3) is 0 Å². The highest BCUT2D eigenvalue weighted by atomic mass is 31.2. The van der Waals surface area contributed by atoms with E-state index in [1.807, 2.05) is 0 Å². The smallest absolute Gasteiger partial charge is 0.462 e. The summed E-state index contributed by atoms with van der Waals surface area (Å²) in [6, 6.07) is 0. The zero-order valence-corrected chi connectivity index (χ0v) is 63.1. The van der Waals surface area contributed by atoms with E-state index >= 15 is 0 Å². The molecule has 0 aromatic carbocycles. The lowest BCUT2D eigenvalue weighted by molar-refractivity contribution is -0.161. The number of ether oxygens (including phenoxy) is 4. The molecule has 3 N–H and O–H groups in total. The molecule has 0 aliphatic rings. The van der Waals surface area contributed by atoms with Crippen molar-refractivity contribution in [2.24, 2.45) is 5.92 Å². The molecule has 0 radical (unpaired) electrons. The highest BCUT2D eigenvalue weighted by Gasteiger charge is 2.30. The first-order valence-electron chi connectivity index (χ1n) is 39.0. The second-order valence-electron chi connectivity index (χ2n) is 27.2. The summed E-state index contributed by atoms with van der Waals surface area (Å²) in [5, 5.41) is 10.6. The molecule has 0 saturated carbocycles. The van der Waals surface area contributed by atoms with E-state index in [-0.39, 0.29) is 25.7 Å². The van der Waals surface area contributed by atoms with Crippen molar-refractivity contribution in [1.82, 2.24) is 0 Å². The van der Waals surface area contributed by atoms with E-state index in [2.05, 4.69) is 58.9 Å². The lowest BCUT2D eigenvalue weighted by Gasteiger charge is -2.21. The summed E-state index contributed by atoms with van der Waals surface area (Å²) in [5.74, 6) is -1.42. The summed E-state index contributed by atoms with van der Waals surface area (Å²) in [6.07, 6.45) is 60.3. The Balaban J connectivity index is 5.29. The van der Waals surface area contributed by atoms with Gasteiger partial charge in [0.1, 0.15) is 19.3 Å². The van der Waals surface area contributed by atoms with Gasteiger partial charge in [0.15, 0.2) is 12.2 Å². The molecule has 0 aliphatic heterocycles. The minimum atomic E-state index is -4.96. The molecule has 0 amide bonds. The third kappa shape index (κ3) is 69.8. The summed E-state index contributed by atoms with van der Waals surface area (Å²) >= 11 is 0. The Labute approximate surface area is 580 Å². The third-order valence-corrected chi connectivity index (χ3v) is 19.1. The number of phosphoric acid groups is 2. The third-order valence-electron chi connectivity index (χ3n) is 17.2. The van der Waals surface area contributed by atoms with Crippen molar-refractivity contribution in [3.63, 3.8) is 0 Å². The molecule has 0 saturated heterocycles. The molecule has 0 spiro atoms. The van der Waals surface area contributed by atoms with Gasteiger partial charge in [0.2, 0.25) is 0 Å². The van der Waals surface area contributed by atoms with Crippen LogP contribution in [0.2, 0.25) is 0 Å². The van der Waals surface area contributed by atoms with Crippen LogP contribution in [0.4, 0.5) is 0 Å². The van der Waals surface area contributed by atoms with Crippen LogP contribution in [0.15, 0.2) is 24.3 Å². The molecule has 0 fully saturated rings. The van der Waals surface area contributed by atoms with Gasteiger partial charge in [-0.15, -0.1) is 0 Å².